The van der Waals surface area contributed by atoms with Crippen LogP contribution >= 0.6 is 24.0 Å². The van der Waals surface area contributed by atoms with E-state index < -0.39 is 0 Å². The van der Waals surface area contributed by atoms with E-state index in [2.05, 4.69) is 35.1 Å². The lowest BCUT2D eigenvalue weighted by molar-refractivity contribution is 0.581. The van der Waals surface area contributed by atoms with E-state index in [0.29, 0.717) is 6.04 Å². The Bertz CT molecular complexity index is 219. The lowest BCUT2D eigenvalue weighted by Gasteiger charge is -2.08. The van der Waals surface area contributed by atoms with Gasteiger partial charge in [0, 0.05) is 12.6 Å². The maximum Gasteiger partial charge on any atom is 0.0475 e. The highest BCUT2D eigenvalue weighted by molar-refractivity contribution is 14.0. The molecule has 1 aromatic carbocycles. The second-order valence-corrected chi connectivity index (χ2v) is 2.82. The van der Waals surface area contributed by atoms with Gasteiger partial charge in [0.05, 0.1) is 0 Å². The van der Waals surface area contributed by atoms with Gasteiger partial charge < -0.3 is 0 Å². The summed E-state index contributed by atoms with van der Waals surface area (Å²) in [5, 5.41) is 0. The Kier molecular flexibility index (Phi) is 3.97. The molecule has 1 aliphatic rings. The number of halogens is 1. The minimum Gasteiger partial charge on any atom is -0.257 e. The molecule has 0 radical (unpaired) electrons. The third-order valence-electron chi connectivity index (χ3n) is 2.04. The molecule has 1 aromatic rings. The molecule has 1 aliphatic heterocycles. The number of hydrogen-bond acceptors (Lipinski definition) is 2. The van der Waals surface area contributed by atoms with Gasteiger partial charge in [-0.25, -0.2) is 0 Å². The monoisotopic (exact) mass is 276 g/mol. The van der Waals surface area contributed by atoms with Crippen molar-refractivity contribution < 1.29 is 0 Å². The average Bonchev–Trinajstić information content (AvgIpc) is 2.58. The van der Waals surface area contributed by atoms with E-state index in [0.717, 1.165) is 6.54 Å². The molecule has 1 unspecified atom stereocenters. The number of rotatable bonds is 1. The third kappa shape index (κ3) is 2.18. The molecular formula is C9H13IN2. The van der Waals surface area contributed by atoms with E-state index in [-0.39, 0.29) is 24.0 Å². The molecule has 0 spiro atoms. The number of benzene rings is 1. The van der Waals surface area contributed by atoms with Crippen LogP contribution in [-0.4, -0.2) is 6.54 Å². The van der Waals surface area contributed by atoms with Gasteiger partial charge in [-0.05, 0) is 12.0 Å². The van der Waals surface area contributed by atoms with Crippen molar-refractivity contribution in [1.29, 1.82) is 0 Å². The molecule has 0 aliphatic carbocycles. The smallest absolute Gasteiger partial charge is 0.0475 e. The summed E-state index contributed by atoms with van der Waals surface area (Å²) in [6, 6.07) is 11.0. The average molecular weight is 276 g/mol. The Hall–Kier alpha value is -0.130. The zero-order valence-corrected chi connectivity index (χ0v) is 9.12. The fourth-order valence-corrected chi connectivity index (χ4v) is 1.42. The fourth-order valence-electron chi connectivity index (χ4n) is 1.42. The molecule has 0 aromatic heterocycles. The minimum atomic E-state index is 0. The first kappa shape index (κ1) is 9.95. The van der Waals surface area contributed by atoms with Crippen LogP contribution in [0.2, 0.25) is 0 Å². The number of nitrogens with one attached hydrogen (secondary N) is 2. The molecule has 0 amide bonds. The zero-order chi connectivity index (χ0) is 7.52. The van der Waals surface area contributed by atoms with E-state index in [9.17, 15) is 0 Å². The topological polar surface area (TPSA) is 24.1 Å². The quantitative estimate of drug-likeness (QED) is 0.765. The Balaban J connectivity index is 0.000000720. The highest BCUT2D eigenvalue weighted by Gasteiger charge is 2.14. The molecular weight excluding hydrogens is 263 g/mol. The van der Waals surface area contributed by atoms with Crippen molar-refractivity contribution in [2.75, 3.05) is 6.54 Å². The molecule has 2 rings (SSSR count). The van der Waals surface area contributed by atoms with Crippen molar-refractivity contribution in [3.8, 4) is 0 Å². The van der Waals surface area contributed by atoms with E-state index in [1.807, 2.05) is 6.07 Å². The van der Waals surface area contributed by atoms with Crippen molar-refractivity contribution in [3.05, 3.63) is 35.9 Å². The van der Waals surface area contributed by atoms with Gasteiger partial charge in [-0.2, -0.15) is 0 Å². The zero-order valence-electron chi connectivity index (χ0n) is 6.79. The van der Waals surface area contributed by atoms with Crippen molar-refractivity contribution >= 4 is 24.0 Å². The number of hydrogen-bond donors (Lipinski definition) is 2. The Morgan fingerprint density at radius 1 is 1.17 bits per heavy atom. The predicted molar refractivity (Wildman–Crippen MR) is 60.4 cm³/mol. The molecule has 2 N–H and O–H groups in total. The summed E-state index contributed by atoms with van der Waals surface area (Å²) in [5.41, 5.74) is 7.72. The third-order valence-corrected chi connectivity index (χ3v) is 2.04. The predicted octanol–water partition coefficient (Wildman–Crippen LogP) is 1.84. The molecule has 1 fully saturated rings. The highest BCUT2D eigenvalue weighted by Crippen LogP contribution is 2.17. The van der Waals surface area contributed by atoms with Gasteiger partial charge in [0.2, 0.25) is 0 Å². The van der Waals surface area contributed by atoms with Gasteiger partial charge >= 0.3 is 0 Å². The van der Waals surface area contributed by atoms with Crippen LogP contribution < -0.4 is 10.9 Å². The van der Waals surface area contributed by atoms with Gasteiger partial charge in [-0.3, -0.25) is 10.9 Å². The minimum absolute atomic E-state index is 0. The van der Waals surface area contributed by atoms with Crippen LogP contribution in [0.1, 0.15) is 18.0 Å². The summed E-state index contributed by atoms with van der Waals surface area (Å²) in [6.07, 6.45) is 1.18. The molecule has 2 nitrogen and oxygen atoms in total. The van der Waals surface area contributed by atoms with Crippen molar-refractivity contribution in [2.24, 2.45) is 0 Å². The molecule has 0 saturated carbocycles. The van der Waals surface area contributed by atoms with Crippen LogP contribution in [0.3, 0.4) is 0 Å². The van der Waals surface area contributed by atoms with E-state index in [4.69, 9.17) is 0 Å². The lowest BCUT2D eigenvalue weighted by atomic mass is 10.1. The molecule has 1 saturated heterocycles. The van der Waals surface area contributed by atoms with Crippen molar-refractivity contribution in [2.45, 2.75) is 12.5 Å². The summed E-state index contributed by atoms with van der Waals surface area (Å²) in [4.78, 5) is 0. The van der Waals surface area contributed by atoms with Crippen molar-refractivity contribution in [1.82, 2.24) is 10.9 Å². The van der Waals surface area contributed by atoms with Crippen LogP contribution in [0, 0.1) is 0 Å². The van der Waals surface area contributed by atoms with Crippen LogP contribution in [0.25, 0.3) is 0 Å². The normalized spacial score (nSPS) is 21.8. The van der Waals surface area contributed by atoms with Gasteiger partial charge in [0.15, 0.2) is 0 Å². The van der Waals surface area contributed by atoms with Gasteiger partial charge in [0.1, 0.15) is 0 Å². The Morgan fingerprint density at radius 3 is 2.50 bits per heavy atom. The van der Waals surface area contributed by atoms with Gasteiger partial charge in [-0.1, -0.05) is 30.3 Å². The largest absolute Gasteiger partial charge is 0.257 e. The first-order chi connectivity index (χ1) is 5.47. The first-order valence-corrected chi connectivity index (χ1v) is 4.00. The number of hydrazine groups is 1. The Labute approximate surface area is 89.7 Å². The summed E-state index contributed by atoms with van der Waals surface area (Å²) in [7, 11) is 0. The van der Waals surface area contributed by atoms with Gasteiger partial charge in [0.25, 0.3) is 0 Å². The van der Waals surface area contributed by atoms with Gasteiger partial charge in [-0.15, -0.1) is 24.0 Å². The summed E-state index contributed by atoms with van der Waals surface area (Å²) >= 11 is 0. The summed E-state index contributed by atoms with van der Waals surface area (Å²) < 4.78 is 0. The van der Waals surface area contributed by atoms with Crippen LogP contribution in [-0.2, 0) is 0 Å². The second kappa shape index (κ2) is 4.79. The van der Waals surface area contributed by atoms with Crippen molar-refractivity contribution in [3.63, 3.8) is 0 Å². The standard InChI is InChI=1S/C9H12N2.HI/c1-2-4-8(5-3-1)9-6-7-10-11-9;/h1-5,9-11H,6-7H2;1H. The van der Waals surface area contributed by atoms with Crippen LogP contribution in [0.4, 0.5) is 0 Å². The van der Waals surface area contributed by atoms with E-state index in [1.165, 1.54) is 12.0 Å². The van der Waals surface area contributed by atoms with E-state index in [1.54, 1.807) is 0 Å². The maximum atomic E-state index is 3.22. The molecule has 3 heteroatoms. The summed E-state index contributed by atoms with van der Waals surface area (Å²) in [6.45, 7) is 1.07. The first-order valence-electron chi connectivity index (χ1n) is 4.00. The fraction of sp³-hybridized carbons (Fsp3) is 0.333. The molecule has 12 heavy (non-hydrogen) atoms. The van der Waals surface area contributed by atoms with Crippen LogP contribution in [0.5, 0.6) is 0 Å². The molecule has 66 valence electrons. The molecule has 1 atom stereocenters. The maximum absolute atomic E-state index is 3.22. The molecule has 0 bridgehead atoms. The summed E-state index contributed by atoms with van der Waals surface area (Å²) in [5.74, 6) is 0. The van der Waals surface area contributed by atoms with Crippen LogP contribution in [0.15, 0.2) is 30.3 Å². The van der Waals surface area contributed by atoms with E-state index >= 15 is 0 Å². The lowest BCUT2D eigenvalue weighted by Crippen LogP contribution is -2.24. The SMILES string of the molecule is I.c1ccc(C2CCNN2)cc1. The highest BCUT2D eigenvalue weighted by atomic mass is 127. The molecule has 1 heterocycles. The second-order valence-electron chi connectivity index (χ2n) is 2.82. The Morgan fingerprint density at radius 2 is 1.92 bits per heavy atom.